The van der Waals surface area contributed by atoms with E-state index in [1.54, 1.807) is 7.05 Å². The lowest BCUT2D eigenvalue weighted by Gasteiger charge is -2.16. The number of thiazole rings is 1. The monoisotopic (exact) mass is 459 g/mol. The van der Waals surface area contributed by atoms with Crippen LogP contribution in [0, 0.1) is 0 Å². The lowest BCUT2D eigenvalue weighted by molar-refractivity contribution is 0.0997. The molecule has 0 saturated carbocycles. The molecular weight excluding hydrogens is 430 g/mol. The molecule has 0 fully saturated rings. The van der Waals surface area contributed by atoms with Gasteiger partial charge in [0.25, 0.3) is 5.91 Å². The van der Waals surface area contributed by atoms with Crippen LogP contribution in [-0.2, 0) is 23.0 Å². The molecule has 166 valence electrons. The van der Waals surface area contributed by atoms with E-state index >= 15 is 0 Å². The predicted molar refractivity (Wildman–Crippen MR) is 126 cm³/mol. The maximum Gasteiger partial charge on any atom is 0.279 e. The standard InChI is InChI=1S/C23H29N3O3S2/c1-5-8-16-25(4)31(28,29)19-14-12-18(13-15-19)22(27)24-23-26(7-3)21-17(6-2)10-9-11-20(21)30-23/h9-15H,5-8,16H2,1-4H3. The number of carbonyl (C=O) groups is 1. The second-order valence-corrected chi connectivity index (χ2v) is 10.4. The summed E-state index contributed by atoms with van der Waals surface area (Å²) >= 11 is 1.49. The normalized spacial score (nSPS) is 12.7. The first-order chi connectivity index (χ1) is 14.8. The van der Waals surface area contributed by atoms with Crippen molar-refractivity contribution in [1.29, 1.82) is 0 Å². The van der Waals surface area contributed by atoms with Gasteiger partial charge in [0, 0.05) is 25.7 Å². The maximum atomic E-state index is 12.8. The molecule has 1 heterocycles. The number of benzene rings is 2. The number of amides is 1. The fraction of sp³-hybridized carbons (Fsp3) is 0.391. The number of aromatic nitrogens is 1. The van der Waals surface area contributed by atoms with Crippen molar-refractivity contribution in [3.8, 4) is 0 Å². The van der Waals surface area contributed by atoms with Crippen LogP contribution in [0.25, 0.3) is 10.2 Å². The molecule has 0 aliphatic rings. The molecule has 0 N–H and O–H groups in total. The molecule has 31 heavy (non-hydrogen) atoms. The zero-order chi connectivity index (χ0) is 22.6. The first kappa shape index (κ1) is 23.4. The zero-order valence-corrected chi connectivity index (χ0v) is 20.1. The van der Waals surface area contributed by atoms with Gasteiger partial charge in [0.2, 0.25) is 10.0 Å². The van der Waals surface area contributed by atoms with Gasteiger partial charge in [-0.15, -0.1) is 0 Å². The average Bonchev–Trinajstić information content (AvgIpc) is 3.14. The lowest BCUT2D eigenvalue weighted by atomic mass is 10.1. The number of aryl methyl sites for hydroxylation is 2. The van der Waals surface area contributed by atoms with Crippen molar-refractivity contribution < 1.29 is 13.2 Å². The third-order valence-electron chi connectivity index (χ3n) is 5.31. The van der Waals surface area contributed by atoms with Crippen LogP contribution in [-0.4, -0.2) is 36.8 Å². The molecular formula is C23H29N3O3S2. The predicted octanol–water partition coefficient (Wildman–Crippen LogP) is 4.45. The Hall–Kier alpha value is -2.29. The number of hydrogen-bond acceptors (Lipinski definition) is 4. The topological polar surface area (TPSA) is 71.7 Å². The van der Waals surface area contributed by atoms with Gasteiger partial charge in [-0.3, -0.25) is 4.79 Å². The second-order valence-electron chi connectivity index (χ2n) is 7.37. The molecule has 0 bridgehead atoms. The minimum Gasteiger partial charge on any atom is -0.316 e. The molecule has 0 atom stereocenters. The Labute approximate surface area is 187 Å². The average molecular weight is 460 g/mol. The number of sulfonamides is 1. The molecule has 0 spiro atoms. The number of hydrogen-bond donors (Lipinski definition) is 0. The molecule has 1 aromatic heterocycles. The zero-order valence-electron chi connectivity index (χ0n) is 18.5. The van der Waals surface area contributed by atoms with Crippen LogP contribution >= 0.6 is 11.3 Å². The summed E-state index contributed by atoms with van der Waals surface area (Å²) in [4.78, 5) is 18.0. The summed E-state index contributed by atoms with van der Waals surface area (Å²) in [5, 5.41) is 0. The molecule has 0 radical (unpaired) electrons. The van der Waals surface area contributed by atoms with Crippen LogP contribution in [0.5, 0.6) is 0 Å². The van der Waals surface area contributed by atoms with Gasteiger partial charge in [-0.25, -0.2) is 12.7 Å². The van der Waals surface area contributed by atoms with Gasteiger partial charge in [0.05, 0.1) is 15.1 Å². The van der Waals surface area contributed by atoms with Crippen molar-refractivity contribution in [2.24, 2.45) is 4.99 Å². The Balaban J connectivity index is 1.94. The minimum atomic E-state index is -3.56. The fourth-order valence-corrected chi connectivity index (χ4v) is 5.82. The quantitative estimate of drug-likeness (QED) is 0.500. The highest BCUT2D eigenvalue weighted by Gasteiger charge is 2.20. The number of nitrogens with zero attached hydrogens (tertiary/aromatic N) is 3. The van der Waals surface area contributed by atoms with E-state index in [1.807, 2.05) is 26.0 Å². The largest absolute Gasteiger partial charge is 0.316 e. The number of fused-ring (bicyclic) bond motifs is 1. The summed E-state index contributed by atoms with van der Waals surface area (Å²) in [6, 6.07) is 12.2. The van der Waals surface area contributed by atoms with Crippen molar-refractivity contribution in [3.63, 3.8) is 0 Å². The molecule has 0 aliphatic carbocycles. The van der Waals surface area contributed by atoms with Gasteiger partial charge in [0.1, 0.15) is 0 Å². The summed E-state index contributed by atoms with van der Waals surface area (Å²) in [5.74, 6) is -0.380. The lowest BCUT2D eigenvalue weighted by Crippen LogP contribution is -2.27. The third kappa shape index (κ3) is 4.81. The molecule has 3 aromatic rings. The highest BCUT2D eigenvalue weighted by atomic mass is 32.2. The van der Waals surface area contributed by atoms with Crippen LogP contribution in [0.2, 0.25) is 0 Å². The van der Waals surface area contributed by atoms with Crippen molar-refractivity contribution in [3.05, 3.63) is 58.4 Å². The van der Waals surface area contributed by atoms with Crippen LogP contribution < -0.4 is 4.80 Å². The summed E-state index contributed by atoms with van der Waals surface area (Å²) in [6.45, 7) is 7.36. The van der Waals surface area contributed by atoms with E-state index in [1.165, 1.54) is 45.5 Å². The van der Waals surface area contributed by atoms with E-state index in [4.69, 9.17) is 0 Å². The smallest absolute Gasteiger partial charge is 0.279 e. The molecule has 8 heteroatoms. The van der Waals surface area contributed by atoms with Crippen LogP contribution in [0.1, 0.15) is 49.5 Å². The van der Waals surface area contributed by atoms with E-state index in [-0.39, 0.29) is 10.8 Å². The number of rotatable bonds is 8. The first-order valence-corrected chi connectivity index (χ1v) is 12.9. The second kappa shape index (κ2) is 9.89. The van der Waals surface area contributed by atoms with Gasteiger partial charge in [-0.1, -0.05) is 43.7 Å². The van der Waals surface area contributed by atoms with Gasteiger partial charge in [0.15, 0.2) is 4.80 Å². The molecule has 0 unspecified atom stereocenters. The van der Waals surface area contributed by atoms with Gasteiger partial charge >= 0.3 is 0 Å². The maximum absolute atomic E-state index is 12.8. The van der Waals surface area contributed by atoms with E-state index in [2.05, 4.69) is 22.5 Å². The van der Waals surface area contributed by atoms with Crippen LogP contribution in [0.15, 0.2) is 52.4 Å². The summed E-state index contributed by atoms with van der Waals surface area (Å²) in [7, 11) is -1.98. The van der Waals surface area contributed by atoms with Gasteiger partial charge < -0.3 is 4.57 Å². The van der Waals surface area contributed by atoms with Crippen LogP contribution in [0.3, 0.4) is 0 Å². The van der Waals surface area contributed by atoms with Crippen LogP contribution in [0.4, 0.5) is 0 Å². The minimum absolute atomic E-state index is 0.181. The first-order valence-electron chi connectivity index (χ1n) is 10.6. The molecule has 6 nitrogen and oxygen atoms in total. The number of carbonyl (C=O) groups excluding carboxylic acids is 1. The number of para-hydroxylation sites is 1. The SMILES string of the molecule is CCCCN(C)S(=O)(=O)c1ccc(C(=O)N=c2sc3cccc(CC)c3n2CC)cc1. The van der Waals surface area contributed by atoms with Crippen molar-refractivity contribution in [2.45, 2.75) is 51.5 Å². The van der Waals surface area contributed by atoms with E-state index in [0.29, 0.717) is 23.5 Å². The van der Waals surface area contributed by atoms with Crippen molar-refractivity contribution >= 4 is 37.5 Å². The molecule has 0 aliphatic heterocycles. The summed E-state index contributed by atoms with van der Waals surface area (Å²) in [6.07, 6.45) is 2.63. The third-order valence-corrected chi connectivity index (χ3v) is 8.23. The Bertz CT molecular complexity index is 1240. The van der Waals surface area contributed by atoms with E-state index < -0.39 is 10.0 Å². The van der Waals surface area contributed by atoms with Gasteiger partial charge in [-0.05, 0) is 55.7 Å². The Morgan fingerprint density at radius 2 is 1.81 bits per heavy atom. The number of unbranched alkanes of at least 4 members (excludes halogenated alkanes) is 1. The summed E-state index contributed by atoms with van der Waals surface area (Å²) in [5.41, 5.74) is 2.72. The Morgan fingerprint density at radius 1 is 1.10 bits per heavy atom. The van der Waals surface area contributed by atoms with Crippen molar-refractivity contribution in [2.75, 3.05) is 13.6 Å². The van der Waals surface area contributed by atoms with Crippen molar-refractivity contribution in [1.82, 2.24) is 8.87 Å². The molecule has 2 aromatic carbocycles. The highest BCUT2D eigenvalue weighted by Crippen LogP contribution is 2.22. The fourth-order valence-electron chi connectivity index (χ4n) is 3.47. The Kier molecular flexibility index (Phi) is 7.46. The molecule has 1 amide bonds. The highest BCUT2D eigenvalue weighted by molar-refractivity contribution is 7.89. The van der Waals surface area contributed by atoms with E-state index in [9.17, 15) is 13.2 Å². The Morgan fingerprint density at radius 3 is 2.42 bits per heavy atom. The molecule has 0 saturated heterocycles. The van der Waals surface area contributed by atoms with E-state index in [0.717, 1.165) is 29.5 Å². The molecule has 3 rings (SSSR count). The summed E-state index contributed by atoms with van der Waals surface area (Å²) < 4.78 is 29.9. The van der Waals surface area contributed by atoms with Gasteiger partial charge in [-0.2, -0.15) is 4.99 Å².